The number of ether oxygens (including phenoxy) is 1. The summed E-state index contributed by atoms with van der Waals surface area (Å²) in [5, 5.41) is 3.42. The summed E-state index contributed by atoms with van der Waals surface area (Å²) in [7, 11) is 0. The molecule has 6 nitrogen and oxygen atoms in total. The molecule has 0 amide bonds. The molecule has 0 bridgehead atoms. The zero-order chi connectivity index (χ0) is 17.2. The van der Waals surface area contributed by atoms with Crippen molar-refractivity contribution in [1.82, 2.24) is 14.5 Å². The van der Waals surface area contributed by atoms with Gasteiger partial charge in [-0.1, -0.05) is 0 Å². The largest absolute Gasteiger partial charge is 0.379 e. The van der Waals surface area contributed by atoms with Crippen LogP contribution in [0.15, 0.2) is 47.5 Å². The lowest BCUT2D eigenvalue weighted by molar-refractivity contribution is 0.0586. The highest BCUT2D eigenvalue weighted by Crippen LogP contribution is 2.24. The van der Waals surface area contributed by atoms with Crippen LogP contribution in [0.3, 0.4) is 0 Å². The van der Waals surface area contributed by atoms with Crippen LogP contribution >= 0.6 is 0 Å². The number of nitrogens with one attached hydrogen (secondary N) is 1. The van der Waals surface area contributed by atoms with E-state index in [0.717, 1.165) is 18.5 Å². The number of rotatable bonds is 3. The van der Waals surface area contributed by atoms with Gasteiger partial charge in [0.1, 0.15) is 5.82 Å². The summed E-state index contributed by atoms with van der Waals surface area (Å²) in [6, 6.07) is 7.55. The van der Waals surface area contributed by atoms with E-state index in [9.17, 15) is 9.18 Å². The van der Waals surface area contributed by atoms with Crippen molar-refractivity contribution in [2.45, 2.75) is 18.9 Å². The Morgan fingerprint density at radius 2 is 2.24 bits per heavy atom. The van der Waals surface area contributed by atoms with E-state index in [4.69, 9.17) is 4.74 Å². The Balaban J connectivity index is 1.89. The maximum absolute atomic E-state index is 13.6. The average Bonchev–Trinajstić information content (AvgIpc) is 2.64. The zero-order valence-corrected chi connectivity index (χ0v) is 13.5. The van der Waals surface area contributed by atoms with Crippen LogP contribution in [0.2, 0.25) is 0 Å². The molecule has 0 aliphatic carbocycles. The average molecular weight is 340 g/mol. The lowest BCUT2D eigenvalue weighted by Gasteiger charge is -2.26. The summed E-state index contributed by atoms with van der Waals surface area (Å²) in [5.74, 6) is -0.0431. The Hall–Kier alpha value is -2.80. The van der Waals surface area contributed by atoms with Crippen molar-refractivity contribution in [2.75, 3.05) is 18.5 Å². The second kappa shape index (κ2) is 6.60. The van der Waals surface area contributed by atoms with Crippen LogP contribution in [0.1, 0.15) is 18.9 Å². The fourth-order valence-corrected chi connectivity index (χ4v) is 3.09. The van der Waals surface area contributed by atoms with Crippen molar-refractivity contribution in [2.24, 2.45) is 0 Å². The highest BCUT2D eigenvalue weighted by Gasteiger charge is 2.22. The normalized spacial score (nSPS) is 17.6. The highest BCUT2D eigenvalue weighted by atomic mass is 19.1. The minimum atomic E-state index is -0.453. The van der Waals surface area contributed by atoms with E-state index in [1.165, 1.54) is 18.2 Å². The van der Waals surface area contributed by atoms with Gasteiger partial charge in [0.15, 0.2) is 0 Å². The van der Waals surface area contributed by atoms with Gasteiger partial charge in [0, 0.05) is 12.8 Å². The molecule has 1 N–H and O–H groups in total. The van der Waals surface area contributed by atoms with Crippen LogP contribution in [0.5, 0.6) is 0 Å². The molecular formula is C18H17FN4O2. The minimum Gasteiger partial charge on any atom is -0.379 e. The van der Waals surface area contributed by atoms with Crippen molar-refractivity contribution in [1.29, 1.82) is 0 Å². The van der Waals surface area contributed by atoms with Gasteiger partial charge in [-0.25, -0.2) is 9.37 Å². The summed E-state index contributed by atoms with van der Waals surface area (Å²) < 4.78 is 20.7. The van der Waals surface area contributed by atoms with E-state index < -0.39 is 5.82 Å². The van der Waals surface area contributed by atoms with Gasteiger partial charge in [0.05, 0.1) is 35.4 Å². The number of halogens is 1. The molecule has 0 unspecified atom stereocenters. The summed E-state index contributed by atoms with van der Waals surface area (Å²) in [6.07, 6.45) is 5.00. The maximum Gasteiger partial charge on any atom is 0.263 e. The SMILES string of the molecule is O=c1c2cc(F)ccc2nc(Nc2cccnc2)n1[C@H]1CCCOC1. The Kier molecular flexibility index (Phi) is 4.15. The molecule has 4 rings (SSSR count). The van der Waals surface area contributed by atoms with E-state index in [0.29, 0.717) is 24.7 Å². The van der Waals surface area contributed by atoms with Crippen LogP contribution in [-0.2, 0) is 4.74 Å². The molecule has 128 valence electrons. The number of benzene rings is 1. The number of fused-ring (bicyclic) bond motifs is 1. The second-order valence-electron chi connectivity index (χ2n) is 6.01. The van der Waals surface area contributed by atoms with Gasteiger partial charge < -0.3 is 10.1 Å². The molecule has 0 spiro atoms. The predicted molar refractivity (Wildman–Crippen MR) is 92.6 cm³/mol. The molecule has 0 radical (unpaired) electrons. The predicted octanol–water partition coefficient (Wildman–Crippen LogP) is 3.03. The second-order valence-corrected chi connectivity index (χ2v) is 6.01. The molecule has 7 heteroatoms. The Bertz CT molecular complexity index is 952. The van der Waals surface area contributed by atoms with Gasteiger partial charge in [0.25, 0.3) is 5.56 Å². The molecule has 0 saturated carbocycles. The molecule has 1 aromatic carbocycles. The van der Waals surface area contributed by atoms with Gasteiger partial charge in [-0.05, 0) is 43.2 Å². The van der Waals surface area contributed by atoms with Crippen LogP contribution in [0.4, 0.5) is 16.0 Å². The van der Waals surface area contributed by atoms with Crippen LogP contribution in [0.25, 0.3) is 10.9 Å². The number of aromatic nitrogens is 3. The molecule has 1 atom stereocenters. The Labute approximate surface area is 143 Å². The first-order valence-electron chi connectivity index (χ1n) is 8.19. The van der Waals surface area contributed by atoms with Crippen LogP contribution < -0.4 is 10.9 Å². The Morgan fingerprint density at radius 3 is 3.00 bits per heavy atom. The van der Waals surface area contributed by atoms with Gasteiger partial charge in [-0.3, -0.25) is 14.3 Å². The number of hydrogen-bond donors (Lipinski definition) is 1. The summed E-state index contributed by atoms with van der Waals surface area (Å²) in [6.45, 7) is 1.12. The number of pyridine rings is 1. The monoisotopic (exact) mass is 340 g/mol. The summed E-state index contributed by atoms with van der Waals surface area (Å²) in [5.41, 5.74) is 0.901. The molecular weight excluding hydrogens is 323 g/mol. The molecule has 1 aliphatic heterocycles. The fraction of sp³-hybridized carbons (Fsp3) is 0.278. The number of hydrogen-bond acceptors (Lipinski definition) is 5. The third-order valence-electron chi connectivity index (χ3n) is 4.28. The van der Waals surface area contributed by atoms with Gasteiger partial charge >= 0.3 is 0 Å². The lowest BCUT2D eigenvalue weighted by Crippen LogP contribution is -2.32. The minimum absolute atomic E-state index is 0.138. The van der Waals surface area contributed by atoms with Gasteiger partial charge in [0.2, 0.25) is 5.95 Å². The standard InChI is InChI=1S/C18H17FN4O2/c19-12-5-6-16-15(9-12)17(24)23(14-4-2-8-25-11-14)18(22-16)21-13-3-1-7-20-10-13/h1,3,5-7,9-10,14H,2,4,8,11H2,(H,21,22)/t14-/m0/s1. The molecule has 2 aromatic heterocycles. The molecule has 1 aliphatic rings. The van der Waals surface area contributed by atoms with Crippen molar-refractivity contribution in [3.8, 4) is 0 Å². The molecule has 25 heavy (non-hydrogen) atoms. The third-order valence-corrected chi connectivity index (χ3v) is 4.28. The zero-order valence-electron chi connectivity index (χ0n) is 13.5. The molecule has 3 aromatic rings. The van der Waals surface area contributed by atoms with Crippen LogP contribution in [-0.4, -0.2) is 27.7 Å². The number of nitrogens with zero attached hydrogens (tertiary/aromatic N) is 3. The molecule has 1 fully saturated rings. The highest BCUT2D eigenvalue weighted by molar-refractivity contribution is 5.79. The van der Waals surface area contributed by atoms with Gasteiger partial charge in [-0.15, -0.1) is 0 Å². The van der Waals surface area contributed by atoms with Crippen molar-refractivity contribution < 1.29 is 9.13 Å². The first-order valence-corrected chi connectivity index (χ1v) is 8.19. The van der Waals surface area contributed by atoms with Crippen molar-refractivity contribution >= 4 is 22.5 Å². The van der Waals surface area contributed by atoms with Crippen molar-refractivity contribution in [3.63, 3.8) is 0 Å². The summed E-state index contributed by atoms with van der Waals surface area (Å²) in [4.78, 5) is 21.7. The first-order chi connectivity index (χ1) is 12.2. The number of anilines is 2. The van der Waals surface area contributed by atoms with E-state index in [1.54, 1.807) is 23.0 Å². The lowest BCUT2D eigenvalue weighted by atomic mass is 10.1. The topological polar surface area (TPSA) is 69.0 Å². The van der Waals surface area contributed by atoms with E-state index in [1.807, 2.05) is 6.07 Å². The smallest absolute Gasteiger partial charge is 0.263 e. The van der Waals surface area contributed by atoms with E-state index in [2.05, 4.69) is 15.3 Å². The third kappa shape index (κ3) is 3.10. The molecule has 1 saturated heterocycles. The summed E-state index contributed by atoms with van der Waals surface area (Å²) >= 11 is 0. The quantitative estimate of drug-likeness (QED) is 0.794. The van der Waals surface area contributed by atoms with Crippen molar-refractivity contribution in [3.05, 3.63) is 58.9 Å². The fourth-order valence-electron chi connectivity index (χ4n) is 3.09. The Morgan fingerprint density at radius 1 is 1.32 bits per heavy atom. The first kappa shape index (κ1) is 15.7. The van der Waals surface area contributed by atoms with Crippen LogP contribution in [0, 0.1) is 5.82 Å². The maximum atomic E-state index is 13.6. The molecule has 3 heterocycles. The van der Waals surface area contributed by atoms with Gasteiger partial charge in [-0.2, -0.15) is 0 Å². The van der Waals surface area contributed by atoms with E-state index in [-0.39, 0.29) is 17.0 Å². The van der Waals surface area contributed by atoms with E-state index >= 15 is 0 Å².